The predicted octanol–water partition coefficient (Wildman–Crippen LogP) is 1.53. The fourth-order valence-electron chi connectivity index (χ4n) is 2.59. The van der Waals surface area contributed by atoms with Crippen molar-refractivity contribution in [3.05, 3.63) is 0 Å². The molecule has 1 N–H and O–H groups in total. The van der Waals surface area contributed by atoms with Gasteiger partial charge in [-0.05, 0) is 25.8 Å². The number of halogens is 1. The summed E-state index contributed by atoms with van der Waals surface area (Å²) in [6, 6.07) is 0. The van der Waals surface area contributed by atoms with Crippen LogP contribution in [-0.2, 0) is 4.79 Å². The van der Waals surface area contributed by atoms with Gasteiger partial charge in [-0.1, -0.05) is 12.8 Å². The minimum atomic E-state index is -1.17. The van der Waals surface area contributed by atoms with Gasteiger partial charge >= 0.3 is 5.97 Å². The molecular weight excluding hydrogens is 197 g/mol. The number of hydrogen-bond acceptors (Lipinski definition) is 2. The average molecular weight is 215 g/mol. The largest absolute Gasteiger partial charge is 0.481 e. The Morgan fingerprint density at radius 3 is 2.73 bits per heavy atom. The van der Waals surface area contributed by atoms with Crippen molar-refractivity contribution in [1.29, 1.82) is 0 Å². The van der Waals surface area contributed by atoms with Crippen molar-refractivity contribution < 1.29 is 14.3 Å². The topological polar surface area (TPSA) is 40.5 Å². The zero-order chi connectivity index (χ0) is 11.1. The molecular formula is C11H18FNO2. The molecule has 86 valence electrons. The molecule has 0 aromatic heterocycles. The van der Waals surface area contributed by atoms with Crippen LogP contribution in [0.15, 0.2) is 0 Å². The smallest absolute Gasteiger partial charge is 0.313 e. The van der Waals surface area contributed by atoms with Gasteiger partial charge in [0.1, 0.15) is 11.6 Å². The van der Waals surface area contributed by atoms with Crippen molar-refractivity contribution >= 4 is 5.97 Å². The van der Waals surface area contributed by atoms with Crippen molar-refractivity contribution in [3.8, 4) is 0 Å². The molecule has 15 heavy (non-hydrogen) atoms. The minimum Gasteiger partial charge on any atom is -0.481 e. The van der Waals surface area contributed by atoms with Crippen molar-refractivity contribution in [2.75, 3.05) is 20.1 Å². The second-order valence-electron chi connectivity index (χ2n) is 5.10. The van der Waals surface area contributed by atoms with Crippen LogP contribution in [0.4, 0.5) is 4.39 Å². The summed E-state index contributed by atoms with van der Waals surface area (Å²) in [7, 11) is 1.87. The van der Waals surface area contributed by atoms with E-state index in [1.165, 1.54) is 0 Å². The number of rotatable bonds is 3. The van der Waals surface area contributed by atoms with E-state index >= 15 is 0 Å². The number of carboxylic acid groups (broad SMARTS) is 1. The molecule has 1 heterocycles. The standard InChI is InChI=1S/C11H18FNO2/c1-13-5-4-9(12)11(7-13,10(14)15)6-8-2-3-8/h8-9H,2-7H2,1H3,(H,14,15). The first-order valence-electron chi connectivity index (χ1n) is 5.60. The van der Waals surface area contributed by atoms with E-state index in [-0.39, 0.29) is 0 Å². The molecule has 0 radical (unpaired) electrons. The molecule has 1 aliphatic heterocycles. The van der Waals surface area contributed by atoms with Crippen LogP contribution in [-0.4, -0.2) is 42.3 Å². The van der Waals surface area contributed by atoms with Crippen molar-refractivity contribution in [1.82, 2.24) is 4.90 Å². The summed E-state index contributed by atoms with van der Waals surface area (Å²) < 4.78 is 13.9. The highest BCUT2D eigenvalue weighted by molar-refractivity contribution is 5.76. The fourth-order valence-corrected chi connectivity index (χ4v) is 2.59. The van der Waals surface area contributed by atoms with Gasteiger partial charge in [0.2, 0.25) is 0 Å². The normalized spacial score (nSPS) is 37.9. The van der Waals surface area contributed by atoms with E-state index in [0.29, 0.717) is 31.8 Å². The van der Waals surface area contributed by atoms with E-state index in [1.807, 2.05) is 11.9 Å². The van der Waals surface area contributed by atoms with Crippen molar-refractivity contribution in [2.45, 2.75) is 31.9 Å². The Labute approximate surface area is 89.3 Å². The summed E-state index contributed by atoms with van der Waals surface area (Å²) in [5.74, 6) is -0.501. The lowest BCUT2D eigenvalue weighted by molar-refractivity contribution is -0.159. The maximum absolute atomic E-state index is 13.9. The molecule has 2 rings (SSSR count). The van der Waals surface area contributed by atoms with Crippen LogP contribution in [0.5, 0.6) is 0 Å². The number of carbonyl (C=O) groups is 1. The van der Waals surface area contributed by atoms with E-state index in [4.69, 9.17) is 0 Å². The number of piperidine rings is 1. The Bertz CT molecular complexity index is 263. The second kappa shape index (κ2) is 3.74. The first kappa shape index (κ1) is 10.9. The lowest BCUT2D eigenvalue weighted by atomic mass is 9.74. The number of hydrogen-bond donors (Lipinski definition) is 1. The number of aliphatic carboxylic acids is 1. The molecule has 2 unspecified atom stereocenters. The lowest BCUT2D eigenvalue weighted by Gasteiger charge is -2.41. The summed E-state index contributed by atoms with van der Waals surface area (Å²) in [5.41, 5.74) is -1.13. The van der Waals surface area contributed by atoms with Gasteiger partial charge in [0.15, 0.2) is 0 Å². The van der Waals surface area contributed by atoms with E-state index in [9.17, 15) is 14.3 Å². The number of alkyl halides is 1. The molecule has 0 spiro atoms. The molecule has 1 saturated carbocycles. The summed E-state index contributed by atoms with van der Waals surface area (Å²) >= 11 is 0. The molecule has 2 atom stereocenters. The molecule has 0 aromatic carbocycles. The monoisotopic (exact) mass is 215 g/mol. The summed E-state index contributed by atoms with van der Waals surface area (Å²) in [6.07, 6.45) is 1.85. The fraction of sp³-hybridized carbons (Fsp3) is 0.909. The first-order valence-corrected chi connectivity index (χ1v) is 5.60. The molecule has 3 nitrogen and oxygen atoms in total. The van der Waals surface area contributed by atoms with E-state index in [0.717, 1.165) is 12.8 Å². The highest BCUT2D eigenvalue weighted by atomic mass is 19.1. The van der Waals surface area contributed by atoms with Gasteiger partial charge in [-0.2, -0.15) is 0 Å². The molecule has 0 aromatic rings. The molecule has 1 aliphatic carbocycles. The Morgan fingerprint density at radius 2 is 2.20 bits per heavy atom. The second-order valence-corrected chi connectivity index (χ2v) is 5.10. The SMILES string of the molecule is CN1CCC(F)C(CC2CC2)(C(=O)O)C1. The summed E-state index contributed by atoms with van der Waals surface area (Å²) in [6.45, 7) is 1.03. The average Bonchev–Trinajstić information content (AvgIpc) is 2.95. The maximum Gasteiger partial charge on any atom is 0.313 e. The van der Waals surface area contributed by atoms with Crippen LogP contribution < -0.4 is 0 Å². The first-order chi connectivity index (χ1) is 7.04. The lowest BCUT2D eigenvalue weighted by Crippen LogP contribution is -2.53. The highest BCUT2D eigenvalue weighted by Gasteiger charge is 2.52. The van der Waals surface area contributed by atoms with Gasteiger partial charge in [0.25, 0.3) is 0 Å². The Hall–Kier alpha value is -0.640. The molecule has 2 fully saturated rings. The van der Waals surface area contributed by atoms with E-state index in [2.05, 4.69) is 0 Å². The van der Waals surface area contributed by atoms with Crippen LogP contribution in [0.25, 0.3) is 0 Å². The third kappa shape index (κ3) is 2.00. The van der Waals surface area contributed by atoms with Gasteiger partial charge in [-0.25, -0.2) is 4.39 Å². The minimum absolute atomic E-state index is 0.357. The number of nitrogens with zero attached hydrogens (tertiary/aromatic N) is 1. The third-order valence-electron chi connectivity index (χ3n) is 3.69. The molecule has 4 heteroatoms. The molecule has 1 saturated heterocycles. The number of likely N-dealkylation sites (tertiary alicyclic amines) is 1. The Balaban J connectivity index is 2.16. The van der Waals surface area contributed by atoms with Crippen LogP contribution in [0, 0.1) is 11.3 Å². The molecule has 0 amide bonds. The summed E-state index contributed by atoms with van der Waals surface area (Å²) in [4.78, 5) is 13.3. The molecule has 0 bridgehead atoms. The molecule has 2 aliphatic rings. The van der Waals surface area contributed by atoms with Gasteiger partial charge in [0.05, 0.1) is 0 Å². The van der Waals surface area contributed by atoms with Gasteiger partial charge in [0, 0.05) is 13.1 Å². The quantitative estimate of drug-likeness (QED) is 0.776. The van der Waals surface area contributed by atoms with Crippen molar-refractivity contribution in [3.63, 3.8) is 0 Å². The zero-order valence-electron chi connectivity index (χ0n) is 9.08. The zero-order valence-corrected chi connectivity index (χ0v) is 9.08. The van der Waals surface area contributed by atoms with Gasteiger partial charge in [-0.3, -0.25) is 4.79 Å². The summed E-state index contributed by atoms with van der Waals surface area (Å²) in [5, 5.41) is 9.29. The van der Waals surface area contributed by atoms with Gasteiger partial charge in [-0.15, -0.1) is 0 Å². The van der Waals surface area contributed by atoms with Crippen LogP contribution in [0.3, 0.4) is 0 Å². The van der Waals surface area contributed by atoms with E-state index < -0.39 is 17.6 Å². The Morgan fingerprint density at radius 1 is 1.53 bits per heavy atom. The van der Waals surface area contributed by atoms with Crippen LogP contribution in [0.1, 0.15) is 25.7 Å². The number of carboxylic acids is 1. The third-order valence-corrected chi connectivity index (χ3v) is 3.69. The van der Waals surface area contributed by atoms with Crippen LogP contribution >= 0.6 is 0 Å². The maximum atomic E-state index is 13.9. The predicted molar refractivity (Wildman–Crippen MR) is 54.4 cm³/mol. The van der Waals surface area contributed by atoms with Crippen molar-refractivity contribution in [2.24, 2.45) is 11.3 Å². The van der Waals surface area contributed by atoms with E-state index in [1.54, 1.807) is 0 Å². The van der Waals surface area contributed by atoms with Gasteiger partial charge < -0.3 is 10.0 Å². The Kier molecular flexibility index (Phi) is 2.71. The van der Waals surface area contributed by atoms with Crippen LogP contribution in [0.2, 0.25) is 0 Å². The highest BCUT2D eigenvalue weighted by Crippen LogP contribution is 2.45.